The van der Waals surface area contributed by atoms with Crippen molar-refractivity contribution in [2.75, 3.05) is 13.2 Å². The minimum Gasteiger partial charge on any atom is -0.490 e. The summed E-state index contributed by atoms with van der Waals surface area (Å²) < 4.78 is 11.6. The van der Waals surface area contributed by atoms with Crippen LogP contribution in [0.4, 0.5) is 0 Å². The highest BCUT2D eigenvalue weighted by Gasteiger charge is 2.47. The lowest BCUT2D eigenvalue weighted by Crippen LogP contribution is -2.54. The molecular formula is C22H32ClNO2. The summed E-state index contributed by atoms with van der Waals surface area (Å²) in [6, 6.07) is 4.83. The van der Waals surface area contributed by atoms with E-state index < -0.39 is 0 Å². The smallest absolute Gasteiger partial charge is 0.179 e. The lowest BCUT2D eigenvalue weighted by Gasteiger charge is -2.54. The molecule has 1 aromatic rings. The Morgan fingerprint density at radius 1 is 1.00 bits per heavy atom. The van der Waals surface area contributed by atoms with Crippen LogP contribution in [0.2, 0.25) is 5.02 Å². The van der Waals surface area contributed by atoms with E-state index in [9.17, 15) is 0 Å². The molecule has 0 spiro atoms. The van der Waals surface area contributed by atoms with Crippen molar-refractivity contribution < 1.29 is 9.47 Å². The molecule has 0 saturated heterocycles. The highest BCUT2D eigenvalue weighted by molar-refractivity contribution is 6.32. The summed E-state index contributed by atoms with van der Waals surface area (Å²) in [5.74, 6) is 5.28. The van der Waals surface area contributed by atoms with Crippen molar-refractivity contribution in [1.29, 1.82) is 0 Å². The number of rotatable bonds is 8. The summed E-state index contributed by atoms with van der Waals surface area (Å²) in [5.41, 5.74) is 1.19. The number of nitrogens with one attached hydrogen (secondary N) is 1. The molecule has 144 valence electrons. The van der Waals surface area contributed by atoms with Gasteiger partial charge in [-0.05, 0) is 86.8 Å². The molecule has 0 atom stereocenters. The summed E-state index contributed by atoms with van der Waals surface area (Å²) in [6.07, 6.45) is 8.24. The monoisotopic (exact) mass is 377 g/mol. The van der Waals surface area contributed by atoms with Crippen LogP contribution in [0.5, 0.6) is 11.5 Å². The van der Waals surface area contributed by atoms with E-state index in [-0.39, 0.29) is 0 Å². The average molecular weight is 378 g/mol. The summed E-state index contributed by atoms with van der Waals surface area (Å²) in [5, 5.41) is 4.54. The maximum Gasteiger partial charge on any atom is 0.179 e. The number of benzene rings is 1. The van der Waals surface area contributed by atoms with E-state index in [0.717, 1.165) is 42.4 Å². The van der Waals surface area contributed by atoms with Gasteiger partial charge >= 0.3 is 0 Å². The van der Waals surface area contributed by atoms with Crippen LogP contribution in [0.25, 0.3) is 0 Å². The summed E-state index contributed by atoms with van der Waals surface area (Å²) in [4.78, 5) is 0. The zero-order chi connectivity index (χ0) is 18.1. The van der Waals surface area contributed by atoms with Crippen molar-refractivity contribution in [3.8, 4) is 11.5 Å². The van der Waals surface area contributed by atoms with E-state index in [0.29, 0.717) is 30.0 Å². The highest BCUT2D eigenvalue weighted by Crippen LogP contribution is 2.53. The predicted octanol–water partition coefficient (Wildman–Crippen LogP) is 5.44. The minimum atomic E-state index is 0.616. The van der Waals surface area contributed by atoms with Crippen molar-refractivity contribution in [3.63, 3.8) is 0 Å². The van der Waals surface area contributed by atoms with Gasteiger partial charge in [-0.2, -0.15) is 0 Å². The lowest BCUT2D eigenvalue weighted by atomic mass is 9.54. The third-order valence-corrected chi connectivity index (χ3v) is 6.87. The quantitative estimate of drug-likeness (QED) is 0.654. The molecule has 3 nitrogen and oxygen atoms in total. The Labute approximate surface area is 162 Å². The van der Waals surface area contributed by atoms with Gasteiger partial charge in [0.25, 0.3) is 0 Å². The molecule has 0 aromatic heterocycles. The maximum absolute atomic E-state index is 6.52. The van der Waals surface area contributed by atoms with E-state index >= 15 is 0 Å². The number of hydrogen-bond acceptors (Lipinski definition) is 3. The molecular weight excluding hydrogens is 346 g/mol. The molecule has 0 aliphatic heterocycles. The Hall–Kier alpha value is -0.930. The van der Waals surface area contributed by atoms with E-state index in [1.807, 2.05) is 13.0 Å². The van der Waals surface area contributed by atoms with Crippen molar-refractivity contribution in [3.05, 3.63) is 22.7 Å². The molecule has 26 heavy (non-hydrogen) atoms. The Morgan fingerprint density at radius 3 is 2.31 bits per heavy atom. The van der Waals surface area contributed by atoms with Gasteiger partial charge in [0.05, 0.1) is 18.2 Å². The fourth-order valence-corrected chi connectivity index (χ4v) is 6.11. The molecule has 4 fully saturated rings. The maximum atomic E-state index is 6.52. The first-order valence-corrected chi connectivity index (χ1v) is 10.9. The molecule has 0 unspecified atom stereocenters. The highest BCUT2D eigenvalue weighted by atomic mass is 35.5. The van der Waals surface area contributed by atoms with Gasteiger partial charge in [0, 0.05) is 12.6 Å². The average Bonchev–Trinajstić information content (AvgIpc) is 2.60. The molecule has 0 heterocycles. The van der Waals surface area contributed by atoms with Crippen molar-refractivity contribution in [2.24, 2.45) is 23.7 Å². The Kier molecular flexibility index (Phi) is 5.66. The molecule has 4 bridgehead atoms. The van der Waals surface area contributed by atoms with Crippen LogP contribution in [0.3, 0.4) is 0 Å². The van der Waals surface area contributed by atoms with Crippen LogP contribution in [-0.2, 0) is 6.54 Å². The van der Waals surface area contributed by atoms with Gasteiger partial charge < -0.3 is 14.8 Å². The lowest BCUT2D eigenvalue weighted by molar-refractivity contribution is -0.0142. The second-order valence-electron chi connectivity index (χ2n) is 8.52. The van der Waals surface area contributed by atoms with Crippen molar-refractivity contribution in [2.45, 2.75) is 65.0 Å². The predicted molar refractivity (Wildman–Crippen MR) is 106 cm³/mol. The summed E-state index contributed by atoms with van der Waals surface area (Å²) in [6.45, 7) is 6.23. The molecule has 0 radical (unpaired) electrons. The largest absolute Gasteiger partial charge is 0.490 e. The van der Waals surface area contributed by atoms with Crippen LogP contribution < -0.4 is 14.8 Å². The van der Waals surface area contributed by atoms with Gasteiger partial charge in [-0.1, -0.05) is 18.5 Å². The first-order valence-electron chi connectivity index (χ1n) is 10.5. The number of halogens is 1. The van der Waals surface area contributed by atoms with Gasteiger partial charge in [0.2, 0.25) is 0 Å². The third-order valence-electron chi connectivity index (χ3n) is 6.59. The van der Waals surface area contributed by atoms with Gasteiger partial charge in [-0.15, -0.1) is 0 Å². The van der Waals surface area contributed by atoms with E-state index in [2.05, 4.69) is 18.3 Å². The van der Waals surface area contributed by atoms with Crippen LogP contribution in [0, 0.1) is 23.7 Å². The Morgan fingerprint density at radius 2 is 1.69 bits per heavy atom. The number of ether oxygens (including phenoxy) is 2. The summed E-state index contributed by atoms with van der Waals surface area (Å²) in [7, 11) is 0. The first kappa shape index (κ1) is 18.4. The second-order valence-corrected chi connectivity index (χ2v) is 8.93. The van der Waals surface area contributed by atoms with E-state index in [1.165, 1.54) is 37.7 Å². The molecule has 1 aromatic carbocycles. The molecule has 4 saturated carbocycles. The summed E-state index contributed by atoms with van der Waals surface area (Å²) >= 11 is 6.52. The molecule has 1 N–H and O–H groups in total. The molecule has 4 aliphatic carbocycles. The van der Waals surface area contributed by atoms with Crippen molar-refractivity contribution in [1.82, 2.24) is 5.32 Å². The van der Waals surface area contributed by atoms with Gasteiger partial charge in [0.1, 0.15) is 0 Å². The topological polar surface area (TPSA) is 30.5 Å². The Balaban J connectivity index is 1.44. The van der Waals surface area contributed by atoms with E-state index in [1.54, 1.807) is 0 Å². The SMILES string of the molecule is CCCOc1c(Cl)cc(CNC2C3CC4CC(C3)CC2C4)cc1OCC. The molecule has 4 heteroatoms. The van der Waals surface area contributed by atoms with Crippen LogP contribution >= 0.6 is 11.6 Å². The normalized spacial score (nSPS) is 32.0. The Bertz CT molecular complexity index is 605. The van der Waals surface area contributed by atoms with Crippen LogP contribution in [0.15, 0.2) is 12.1 Å². The van der Waals surface area contributed by atoms with Crippen molar-refractivity contribution >= 4 is 11.6 Å². The fraction of sp³-hybridized carbons (Fsp3) is 0.727. The minimum absolute atomic E-state index is 0.616. The van der Waals surface area contributed by atoms with Gasteiger partial charge in [-0.25, -0.2) is 0 Å². The molecule has 0 amide bonds. The third kappa shape index (κ3) is 3.71. The molecule has 5 rings (SSSR count). The fourth-order valence-electron chi connectivity index (χ4n) is 5.82. The van der Waals surface area contributed by atoms with Gasteiger partial charge in [0.15, 0.2) is 11.5 Å². The zero-order valence-electron chi connectivity index (χ0n) is 16.1. The van der Waals surface area contributed by atoms with E-state index in [4.69, 9.17) is 21.1 Å². The number of hydrogen-bond donors (Lipinski definition) is 1. The zero-order valence-corrected chi connectivity index (χ0v) is 16.9. The first-order chi connectivity index (χ1) is 12.7. The molecule has 4 aliphatic rings. The second kappa shape index (κ2) is 7.98. The van der Waals surface area contributed by atoms with Crippen LogP contribution in [0.1, 0.15) is 57.9 Å². The standard InChI is InChI=1S/C22H32ClNO2/c1-3-5-26-22-19(23)11-16(12-20(22)25-4-2)13-24-21-17-7-14-6-15(9-17)10-18(21)8-14/h11-12,14-15,17-18,21,24H,3-10,13H2,1-2H3. The van der Waals surface area contributed by atoms with Crippen LogP contribution in [-0.4, -0.2) is 19.3 Å². The van der Waals surface area contributed by atoms with Gasteiger partial charge in [-0.3, -0.25) is 0 Å².